The molecule has 0 saturated heterocycles. The van der Waals surface area contributed by atoms with E-state index < -0.39 is 11.6 Å². The number of nitrogen functional groups attached to an aromatic ring is 1. The highest BCUT2D eigenvalue weighted by Gasteiger charge is 2.19. The van der Waals surface area contributed by atoms with E-state index in [1.54, 1.807) is 4.57 Å². The topological polar surface area (TPSA) is 56.7 Å². The van der Waals surface area contributed by atoms with Gasteiger partial charge in [0.2, 0.25) is 0 Å². The number of aryl methyl sites for hydroxylation is 2. The summed E-state index contributed by atoms with van der Waals surface area (Å²) in [7, 11) is 0. The highest BCUT2D eigenvalue weighted by molar-refractivity contribution is 5.92. The van der Waals surface area contributed by atoms with E-state index in [2.05, 4.69) is 9.97 Å². The van der Waals surface area contributed by atoms with Gasteiger partial charge in [0.15, 0.2) is 5.65 Å². The first-order valence-electron chi connectivity index (χ1n) is 6.46. The molecule has 4 nitrogen and oxygen atoms in total. The number of halogens is 2. The van der Waals surface area contributed by atoms with Crippen LogP contribution in [-0.4, -0.2) is 14.5 Å². The Labute approximate surface area is 120 Å². The molecule has 1 aromatic carbocycles. The minimum atomic E-state index is -0.508. The Morgan fingerprint density at radius 1 is 1.05 bits per heavy atom. The van der Waals surface area contributed by atoms with E-state index in [4.69, 9.17) is 5.73 Å². The van der Waals surface area contributed by atoms with Gasteiger partial charge in [-0.25, -0.2) is 18.7 Å². The van der Waals surface area contributed by atoms with Crippen molar-refractivity contribution in [2.75, 3.05) is 5.73 Å². The zero-order valence-electron chi connectivity index (χ0n) is 11.9. The summed E-state index contributed by atoms with van der Waals surface area (Å²) >= 11 is 0. The Hall–Kier alpha value is -2.50. The molecular weight excluding hydrogens is 274 g/mol. The number of benzene rings is 1. The molecule has 0 amide bonds. The van der Waals surface area contributed by atoms with E-state index in [-0.39, 0.29) is 11.3 Å². The Morgan fingerprint density at radius 2 is 1.76 bits per heavy atom. The normalized spacial score (nSPS) is 11.3. The molecule has 0 unspecified atom stereocenters. The zero-order chi connectivity index (χ0) is 15.3. The number of nitrogens with zero attached hydrogens (tertiary/aromatic N) is 3. The molecule has 0 radical (unpaired) electrons. The van der Waals surface area contributed by atoms with Crippen molar-refractivity contribution in [1.29, 1.82) is 0 Å². The van der Waals surface area contributed by atoms with E-state index in [1.807, 2.05) is 13.8 Å². The fourth-order valence-electron chi connectivity index (χ4n) is 2.53. The molecule has 2 aromatic heterocycles. The summed E-state index contributed by atoms with van der Waals surface area (Å²) in [6, 6.07) is 2.35. The smallest absolute Gasteiger partial charge is 0.150 e. The molecule has 0 aliphatic heterocycles. The van der Waals surface area contributed by atoms with Crippen LogP contribution in [0.1, 0.15) is 16.8 Å². The van der Waals surface area contributed by atoms with Crippen molar-refractivity contribution in [2.24, 2.45) is 0 Å². The number of fused-ring (bicyclic) bond motifs is 1. The van der Waals surface area contributed by atoms with E-state index >= 15 is 0 Å². The third-order valence-corrected chi connectivity index (χ3v) is 3.79. The van der Waals surface area contributed by atoms with Gasteiger partial charge in [0.25, 0.3) is 0 Å². The van der Waals surface area contributed by atoms with Crippen LogP contribution in [0.5, 0.6) is 0 Å². The number of nitrogens with two attached hydrogens (primary N) is 1. The predicted octanol–water partition coefficient (Wildman–Crippen LogP) is 3.21. The first-order chi connectivity index (χ1) is 9.91. The molecule has 0 aliphatic carbocycles. The lowest BCUT2D eigenvalue weighted by molar-refractivity contribution is 0.585. The average molecular weight is 288 g/mol. The number of rotatable bonds is 1. The monoisotopic (exact) mass is 288 g/mol. The van der Waals surface area contributed by atoms with E-state index in [0.29, 0.717) is 16.9 Å². The van der Waals surface area contributed by atoms with Gasteiger partial charge < -0.3 is 5.73 Å². The SMILES string of the molecule is Cc1cc(F)c(-n2c(C)c(C)c3c(N)ncnc32)cc1F. The van der Waals surface area contributed by atoms with Gasteiger partial charge in [-0.05, 0) is 38.0 Å². The Balaban J connectivity index is 2.44. The molecule has 6 heteroatoms. The minimum Gasteiger partial charge on any atom is -0.383 e. The molecule has 108 valence electrons. The summed E-state index contributed by atoms with van der Waals surface area (Å²) in [6.45, 7) is 5.19. The van der Waals surface area contributed by atoms with Crippen LogP contribution in [0, 0.1) is 32.4 Å². The Bertz CT molecular complexity index is 868. The third-order valence-electron chi connectivity index (χ3n) is 3.79. The summed E-state index contributed by atoms with van der Waals surface area (Å²) in [6.07, 6.45) is 1.31. The summed E-state index contributed by atoms with van der Waals surface area (Å²) < 4.78 is 29.7. The molecular formula is C15H14F2N4. The van der Waals surface area contributed by atoms with Gasteiger partial charge in [-0.15, -0.1) is 0 Å². The molecule has 0 atom stereocenters. The fraction of sp³-hybridized carbons (Fsp3) is 0.200. The van der Waals surface area contributed by atoms with Crippen molar-refractivity contribution < 1.29 is 8.78 Å². The Morgan fingerprint density at radius 3 is 2.48 bits per heavy atom. The van der Waals surface area contributed by atoms with Crippen molar-refractivity contribution in [3.63, 3.8) is 0 Å². The number of aromatic nitrogens is 3. The Kier molecular flexibility index (Phi) is 2.90. The maximum atomic E-state index is 14.3. The van der Waals surface area contributed by atoms with Crippen LogP contribution in [0.15, 0.2) is 18.5 Å². The van der Waals surface area contributed by atoms with Crippen LogP contribution >= 0.6 is 0 Å². The second-order valence-electron chi connectivity index (χ2n) is 5.06. The van der Waals surface area contributed by atoms with Crippen LogP contribution in [0.2, 0.25) is 0 Å². The molecule has 0 fully saturated rings. The first kappa shape index (κ1) is 13.5. The van der Waals surface area contributed by atoms with Crippen LogP contribution in [0.3, 0.4) is 0 Å². The van der Waals surface area contributed by atoms with Crippen molar-refractivity contribution in [2.45, 2.75) is 20.8 Å². The van der Waals surface area contributed by atoms with Gasteiger partial charge in [0.05, 0.1) is 11.1 Å². The maximum Gasteiger partial charge on any atom is 0.150 e. The quantitative estimate of drug-likeness (QED) is 0.748. The first-order valence-corrected chi connectivity index (χ1v) is 6.46. The van der Waals surface area contributed by atoms with Gasteiger partial charge in [0, 0.05) is 11.8 Å². The lowest BCUT2D eigenvalue weighted by Crippen LogP contribution is -2.03. The van der Waals surface area contributed by atoms with Crippen molar-refractivity contribution in [3.05, 3.63) is 46.9 Å². The van der Waals surface area contributed by atoms with Crippen molar-refractivity contribution in [1.82, 2.24) is 14.5 Å². The summed E-state index contributed by atoms with van der Waals surface area (Å²) in [5.74, 6) is -0.647. The summed E-state index contributed by atoms with van der Waals surface area (Å²) in [4.78, 5) is 8.13. The molecule has 3 rings (SSSR count). The molecule has 2 heterocycles. The van der Waals surface area contributed by atoms with Gasteiger partial charge in [0.1, 0.15) is 23.8 Å². The van der Waals surface area contributed by atoms with Crippen LogP contribution in [0.4, 0.5) is 14.6 Å². The number of hydrogen-bond donors (Lipinski definition) is 1. The third kappa shape index (κ3) is 1.86. The molecule has 0 bridgehead atoms. The number of hydrogen-bond acceptors (Lipinski definition) is 3. The lowest BCUT2D eigenvalue weighted by Gasteiger charge is -2.10. The molecule has 0 aliphatic rings. The van der Waals surface area contributed by atoms with Crippen LogP contribution in [0.25, 0.3) is 16.7 Å². The molecule has 2 N–H and O–H groups in total. The van der Waals surface area contributed by atoms with E-state index in [9.17, 15) is 8.78 Å². The maximum absolute atomic E-state index is 14.3. The zero-order valence-corrected chi connectivity index (χ0v) is 11.9. The number of anilines is 1. The van der Waals surface area contributed by atoms with E-state index in [1.165, 1.54) is 25.4 Å². The van der Waals surface area contributed by atoms with E-state index in [0.717, 1.165) is 11.3 Å². The van der Waals surface area contributed by atoms with Crippen molar-refractivity contribution in [3.8, 4) is 5.69 Å². The van der Waals surface area contributed by atoms with Gasteiger partial charge in [-0.1, -0.05) is 0 Å². The largest absolute Gasteiger partial charge is 0.383 e. The van der Waals surface area contributed by atoms with Crippen LogP contribution in [-0.2, 0) is 0 Å². The fourth-order valence-corrected chi connectivity index (χ4v) is 2.53. The predicted molar refractivity (Wildman–Crippen MR) is 77.4 cm³/mol. The molecule has 0 saturated carbocycles. The molecule has 21 heavy (non-hydrogen) atoms. The van der Waals surface area contributed by atoms with Gasteiger partial charge in [-0.3, -0.25) is 4.57 Å². The average Bonchev–Trinajstić information content (AvgIpc) is 2.68. The molecule has 0 spiro atoms. The highest BCUT2D eigenvalue weighted by atomic mass is 19.1. The van der Waals surface area contributed by atoms with Crippen LogP contribution < -0.4 is 5.73 Å². The van der Waals surface area contributed by atoms with Gasteiger partial charge in [-0.2, -0.15) is 0 Å². The second kappa shape index (κ2) is 4.51. The highest BCUT2D eigenvalue weighted by Crippen LogP contribution is 2.31. The van der Waals surface area contributed by atoms with Crippen molar-refractivity contribution >= 4 is 16.9 Å². The summed E-state index contributed by atoms with van der Waals surface area (Å²) in [5.41, 5.74) is 8.33. The van der Waals surface area contributed by atoms with Gasteiger partial charge >= 0.3 is 0 Å². The standard InChI is InChI=1S/C15H14F2N4/c1-7-4-11(17)12(5-10(7)16)21-9(3)8(2)13-14(18)19-6-20-15(13)21/h4-6H,1-3H3,(H2,18,19,20). The second-order valence-corrected chi connectivity index (χ2v) is 5.06. The molecule has 3 aromatic rings. The summed E-state index contributed by atoms with van der Waals surface area (Å²) in [5, 5.41) is 0.662. The minimum absolute atomic E-state index is 0.117. The lowest BCUT2D eigenvalue weighted by atomic mass is 10.2.